The predicted octanol–water partition coefficient (Wildman–Crippen LogP) is 6.40. The van der Waals surface area contributed by atoms with E-state index in [-0.39, 0.29) is 5.91 Å². The van der Waals surface area contributed by atoms with E-state index in [2.05, 4.69) is 67.5 Å². The number of thiazole rings is 1. The third kappa shape index (κ3) is 4.71. The molecule has 2 aromatic heterocycles. The number of nitrogens with zero attached hydrogens (tertiary/aromatic N) is 2. The number of carbonyl (C=O) groups is 1. The Hall–Kier alpha value is -2.70. The van der Waals surface area contributed by atoms with Gasteiger partial charge in [-0.15, -0.1) is 23.1 Å². The Balaban J connectivity index is 1.34. The molecule has 30 heavy (non-hydrogen) atoms. The Morgan fingerprint density at radius 3 is 2.63 bits per heavy atom. The molecule has 1 amide bonds. The van der Waals surface area contributed by atoms with Crippen molar-refractivity contribution in [2.45, 2.75) is 32.2 Å². The van der Waals surface area contributed by atoms with Gasteiger partial charge in [0.2, 0.25) is 5.91 Å². The van der Waals surface area contributed by atoms with Crippen LogP contribution in [0, 0.1) is 20.8 Å². The van der Waals surface area contributed by atoms with E-state index in [0.717, 1.165) is 21.8 Å². The zero-order valence-electron chi connectivity index (χ0n) is 17.2. The molecular formula is C24H23N3OS2. The number of fused-ring (bicyclic) bond motifs is 1. The van der Waals surface area contributed by atoms with Gasteiger partial charge in [0.15, 0.2) is 5.13 Å². The second-order valence-electron chi connectivity index (χ2n) is 7.30. The van der Waals surface area contributed by atoms with Gasteiger partial charge in [-0.2, -0.15) is 0 Å². The number of carbonyl (C=O) groups excluding carboxylic acids is 1. The first-order chi connectivity index (χ1) is 14.5. The summed E-state index contributed by atoms with van der Waals surface area (Å²) in [5.41, 5.74) is 6.57. The highest BCUT2D eigenvalue weighted by atomic mass is 32.2. The van der Waals surface area contributed by atoms with Gasteiger partial charge in [0, 0.05) is 28.5 Å². The van der Waals surface area contributed by atoms with Gasteiger partial charge in [0.05, 0.1) is 16.2 Å². The highest BCUT2D eigenvalue weighted by Gasteiger charge is 2.10. The van der Waals surface area contributed by atoms with E-state index in [0.29, 0.717) is 17.3 Å². The molecule has 0 unspecified atom stereocenters. The molecule has 1 N–H and O–H groups in total. The zero-order chi connectivity index (χ0) is 21.1. The number of para-hydroxylation sites is 1. The number of benzene rings is 2. The average Bonchev–Trinajstić information content (AvgIpc) is 3.18. The van der Waals surface area contributed by atoms with Crippen LogP contribution in [0.4, 0.5) is 5.13 Å². The first-order valence-electron chi connectivity index (χ1n) is 9.82. The molecule has 2 heterocycles. The fraction of sp³-hybridized carbons (Fsp3) is 0.208. The Morgan fingerprint density at radius 2 is 1.83 bits per heavy atom. The standard InChI is InChI=1S/C24H23N3OS2/c1-15-7-9-18(10-8-15)20-14-30-24(25-20)26-21(28)11-12-29-22-13-17(3)19-6-4-5-16(2)23(19)27-22/h4-10,13-14H,11-12H2,1-3H3,(H,25,26,28). The molecule has 0 fully saturated rings. The molecule has 6 heteroatoms. The molecule has 0 saturated carbocycles. The van der Waals surface area contributed by atoms with Crippen LogP contribution in [0.2, 0.25) is 0 Å². The Labute approximate surface area is 184 Å². The van der Waals surface area contributed by atoms with E-state index in [1.807, 2.05) is 17.5 Å². The highest BCUT2D eigenvalue weighted by molar-refractivity contribution is 7.99. The minimum atomic E-state index is -0.0269. The molecule has 0 aliphatic heterocycles. The summed E-state index contributed by atoms with van der Waals surface area (Å²) < 4.78 is 0. The lowest BCUT2D eigenvalue weighted by atomic mass is 10.1. The summed E-state index contributed by atoms with van der Waals surface area (Å²) in [6, 6.07) is 16.6. The van der Waals surface area contributed by atoms with Crippen molar-refractivity contribution in [1.29, 1.82) is 0 Å². The van der Waals surface area contributed by atoms with Crippen LogP contribution < -0.4 is 5.32 Å². The third-order valence-corrected chi connectivity index (χ3v) is 6.57. The van der Waals surface area contributed by atoms with Crippen molar-refractivity contribution < 1.29 is 4.79 Å². The number of nitrogens with one attached hydrogen (secondary N) is 1. The van der Waals surface area contributed by atoms with E-state index in [4.69, 9.17) is 4.98 Å². The molecule has 0 spiro atoms. The lowest BCUT2D eigenvalue weighted by molar-refractivity contribution is -0.115. The van der Waals surface area contributed by atoms with Crippen LogP contribution in [0.3, 0.4) is 0 Å². The Kier molecular flexibility index (Phi) is 6.16. The van der Waals surface area contributed by atoms with Gasteiger partial charge in [-0.1, -0.05) is 48.0 Å². The fourth-order valence-electron chi connectivity index (χ4n) is 3.22. The van der Waals surface area contributed by atoms with Crippen LogP contribution in [-0.2, 0) is 4.79 Å². The van der Waals surface area contributed by atoms with Crippen molar-refractivity contribution in [3.63, 3.8) is 0 Å². The fourth-order valence-corrected chi connectivity index (χ4v) is 4.87. The van der Waals surface area contributed by atoms with E-state index in [1.165, 1.54) is 33.4 Å². The molecule has 0 radical (unpaired) electrons. The largest absolute Gasteiger partial charge is 0.302 e. The van der Waals surface area contributed by atoms with Gasteiger partial charge >= 0.3 is 0 Å². The summed E-state index contributed by atoms with van der Waals surface area (Å²) in [5.74, 6) is 0.646. The topological polar surface area (TPSA) is 54.9 Å². The third-order valence-electron chi connectivity index (χ3n) is 4.90. The normalized spacial score (nSPS) is 11.0. The SMILES string of the molecule is Cc1ccc(-c2csc(NC(=O)CCSc3cc(C)c4cccc(C)c4n3)n2)cc1. The molecule has 4 rings (SSSR count). The average molecular weight is 434 g/mol. The summed E-state index contributed by atoms with van der Waals surface area (Å²) in [5, 5.41) is 7.66. The molecule has 2 aromatic carbocycles. The summed E-state index contributed by atoms with van der Waals surface area (Å²) in [7, 11) is 0. The van der Waals surface area contributed by atoms with E-state index >= 15 is 0 Å². The van der Waals surface area contributed by atoms with Gasteiger partial charge in [-0.3, -0.25) is 4.79 Å². The number of aromatic nitrogens is 2. The van der Waals surface area contributed by atoms with Crippen molar-refractivity contribution in [3.05, 3.63) is 70.6 Å². The lowest BCUT2D eigenvalue weighted by Crippen LogP contribution is -2.12. The summed E-state index contributed by atoms with van der Waals surface area (Å²) in [6.07, 6.45) is 0.413. The zero-order valence-corrected chi connectivity index (χ0v) is 18.9. The molecular weight excluding hydrogens is 410 g/mol. The number of thioether (sulfide) groups is 1. The number of hydrogen-bond acceptors (Lipinski definition) is 5. The number of aryl methyl sites for hydroxylation is 3. The molecule has 4 nitrogen and oxygen atoms in total. The maximum Gasteiger partial charge on any atom is 0.226 e. The molecule has 4 aromatic rings. The second kappa shape index (κ2) is 8.98. The number of hydrogen-bond donors (Lipinski definition) is 1. The van der Waals surface area contributed by atoms with Crippen LogP contribution in [0.1, 0.15) is 23.1 Å². The van der Waals surface area contributed by atoms with Crippen molar-refractivity contribution in [2.75, 3.05) is 11.1 Å². The van der Waals surface area contributed by atoms with Gasteiger partial charge in [0.25, 0.3) is 0 Å². The molecule has 0 bridgehead atoms. The summed E-state index contributed by atoms with van der Waals surface area (Å²) in [6.45, 7) is 6.24. The minimum Gasteiger partial charge on any atom is -0.302 e. The highest BCUT2D eigenvalue weighted by Crippen LogP contribution is 2.27. The number of pyridine rings is 1. The van der Waals surface area contributed by atoms with Crippen molar-refractivity contribution >= 4 is 45.0 Å². The Bertz CT molecular complexity index is 1200. The van der Waals surface area contributed by atoms with E-state index in [9.17, 15) is 4.79 Å². The van der Waals surface area contributed by atoms with Gasteiger partial charge < -0.3 is 5.32 Å². The Morgan fingerprint density at radius 1 is 1.03 bits per heavy atom. The second-order valence-corrected chi connectivity index (χ2v) is 9.27. The smallest absolute Gasteiger partial charge is 0.226 e. The monoisotopic (exact) mass is 433 g/mol. The summed E-state index contributed by atoms with van der Waals surface area (Å²) >= 11 is 3.06. The maximum absolute atomic E-state index is 12.3. The molecule has 152 valence electrons. The van der Waals surface area contributed by atoms with Crippen molar-refractivity contribution in [3.8, 4) is 11.3 Å². The van der Waals surface area contributed by atoms with Gasteiger partial charge in [-0.25, -0.2) is 9.97 Å². The first-order valence-corrected chi connectivity index (χ1v) is 11.7. The molecule has 0 aliphatic carbocycles. The quantitative estimate of drug-likeness (QED) is 0.357. The van der Waals surface area contributed by atoms with Crippen LogP contribution >= 0.6 is 23.1 Å². The van der Waals surface area contributed by atoms with Crippen LogP contribution in [0.15, 0.2) is 58.9 Å². The minimum absolute atomic E-state index is 0.0269. The predicted molar refractivity (Wildman–Crippen MR) is 127 cm³/mol. The lowest BCUT2D eigenvalue weighted by Gasteiger charge is -2.08. The van der Waals surface area contributed by atoms with Crippen LogP contribution in [0.25, 0.3) is 22.2 Å². The van der Waals surface area contributed by atoms with Crippen molar-refractivity contribution in [2.24, 2.45) is 0 Å². The van der Waals surface area contributed by atoms with Crippen LogP contribution in [0.5, 0.6) is 0 Å². The van der Waals surface area contributed by atoms with Crippen molar-refractivity contribution in [1.82, 2.24) is 9.97 Å². The summed E-state index contributed by atoms with van der Waals surface area (Å²) in [4.78, 5) is 21.7. The van der Waals surface area contributed by atoms with Gasteiger partial charge in [-0.05, 0) is 38.0 Å². The van der Waals surface area contributed by atoms with E-state index < -0.39 is 0 Å². The molecule has 0 saturated heterocycles. The first kappa shape index (κ1) is 20.6. The van der Waals surface area contributed by atoms with Crippen LogP contribution in [-0.4, -0.2) is 21.6 Å². The molecule has 0 aliphatic rings. The number of amides is 1. The maximum atomic E-state index is 12.3. The number of rotatable bonds is 6. The molecule has 0 atom stereocenters. The van der Waals surface area contributed by atoms with E-state index in [1.54, 1.807) is 11.8 Å². The van der Waals surface area contributed by atoms with Gasteiger partial charge in [0.1, 0.15) is 0 Å². The number of anilines is 1.